The summed E-state index contributed by atoms with van der Waals surface area (Å²) >= 11 is 0. The second-order valence-corrected chi connectivity index (χ2v) is 5.31. The van der Waals surface area contributed by atoms with E-state index in [0.717, 1.165) is 25.3 Å². The molecule has 0 radical (unpaired) electrons. The fraction of sp³-hybridized carbons (Fsp3) is 0.412. The van der Waals surface area contributed by atoms with Crippen LogP contribution in [0.2, 0.25) is 0 Å². The number of pyridine rings is 2. The molecule has 1 unspecified atom stereocenters. The van der Waals surface area contributed by atoms with E-state index in [-0.39, 0.29) is 0 Å². The summed E-state index contributed by atoms with van der Waals surface area (Å²) in [6.07, 6.45) is 6.68. The van der Waals surface area contributed by atoms with Gasteiger partial charge in [-0.25, -0.2) is 4.98 Å². The first-order valence-electron chi connectivity index (χ1n) is 7.50. The van der Waals surface area contributed by atoms with E-state index in [0.29, 0.717) is 6.04 Å². The first kappa shape index (κ1) is 15.4. The average molecular weight is 284 g/mol. The van der Waals surface area contributed by atoms with Gasteiger partial charge in [-0.15, -0.1) is 0 Å². The molecule has 2 aromatic rings. The van der Waals surface area contributed by atoms with Crippen molar-refractivity contribution in [3.05, 3.63) is 54.0 Å². The van der Waals surface area contributed by atoms with Crippen LogP contribution in [-0.4, -0.2) is 23.6 Å². The van der Waals surface area contributed by atoms with Gasteiger partial charge >= 0.3 is 0 Å². The van der Waals surface area contributed by atoms with Crippen LogP contribution in [0.1, 0.15) is 37.4 Å². The van der Waals surface area contributed by atoms with Crippen LogP contribution in [-0.2, 0) is 6.54 Å². The van der Waals surface area contributed by atoms with Crippen molar-refractivity contribution in [3.8, 4) is 0 Å². The quantitative estimate of drug-likeness (QED) is 0.848. The monoisotopic (exact) mass is 284 g/mol. The normalized spacial score (nSPS) is 12.1. The number of aromatic nitrogens is 2. The number of rotatable bonds is 7. The Morgan fingerprint density at radius 1 is 1.24 bits per heavy atom. The lowest BCUT2D eigenvalue weighted by Crippen LogP contribution is -2.24. The van der Waals surface area contributed by atoms with Gasteiger partial charge in [0.1, 0.15) is 5.82 Å². The van der Waals surface area contributed by atoms with E-state index in [2.05, 4.69) is 53.2 Å². The highest BCUT2D eigenvalue weighted by atomic mass is 15.2. The molecule has 112 valence electrons. The molecule has 0 aliphatic rings. The molecule has 4 heteroatoms. The minimum absolute atomic E-state index is 0.296. The average Bonchev–Trinajstić information content (AvgIpc) is 2.53. The van der Waals surface area contributed by atoms with Crippen molar-refractivity contribution in [3.63, 3.8) is 0 Å². The predicted octanol–water partition coefficient (Wildman–Crippen LogP) is 3.17. The van der Waals surface area contributed by atoms with Crippen molar-refractivity contribution in [2.24, 2.45) is 0 Å². The number of nitrogens with zero attached hydrogens (tertiary/aromatic N) is 3. The Morgan fingerprint density at radius 2 is 2.05 bits per heavy atom. The van der Waals surface area contributed by atoms with Gasteiger partial charge in [-0.05, 0) is 37.6 Å². The highest BCUT2D eigenvalue weighted by Crippen LogP contribution is 2.24. The molecular weight excluding hydrogens is 260 g/mol. The van der Waals surface area contributed by atoms with E-state index >= 15 is 0 Å². The molecule has 2 heterocycles. The number of hydrogen-bond donors (Lipinski definition) is 1. The molecule has 2 aromatic heterocycles. The largest absolute Gasteiger partial charge is 0.355 e. The zero-order valence-corrected chi connectivity index (χ0v) is 13.1. The summed E-state index contributed by atoms with van der Waals surface area (Å²) in [6.45, 7) is 6.19. The number of nitrogens with one attached hydrogen (secondary N) is 1. The van der Waals surface area contributed by atoms with Gasteiger partial charge in [0.2, 0.25) is 0 Å². The van der Waals surface area contributed by atoms with E-state index in [1.54, 1.807) is 6.20 Å². The van der Waals surface area contributed by atoms with E-state index in [1.807, 2.05) is 24.5 Å². The summed E-state index contributed by atoms with van der Waals surface area (Å²) in [5, 5.41) is 3.53. The SMILES string of the molecule is CCCNC(C)c1cccnc1N(C)Cc1cccnc1. The summed E-state index contributed by atoms with van der Waals surface area (Å²) in [5.74, 6) is 1.03. The minimum atomic E-state index is 0.296. The van der Waals surface area contributed by atoms with Crippen LogP contribution in [0.3, 0.4) is 0 Å². The summed E-state index contributed by atoms with van der Waals surface area (Å²) in [6, 6.07) is 8.50. The molecule has 4 nitrogen and oxygen atoms in total. The van der Waals surface area contributed by atoms with Gasteiger partial charge in [0, 0.05) is 43.8 Å². The smallest absolute Gasteiger partial charge is 0.133 e. The summed E-state index contributed by atoms with van der Waals surface area (Å²) < 4.78 is 0. The third-order valence-electron chi connectivity index (χ3n) is 3.49. The third-order valence-corrected chi connectivity index (χ3v) is 3.49. The Bertz CT molecular complexity index is 541. The van der Waals surface area contributed by atoms with Crippen LogP contribution < -0.4 is 10.2 Å². The predicted molar refractivity (Wildman–Crippen MR) is 87.3 cm³/mol. The van der Waals surface area contributed by atoms with Gasteiger partial charge in [0.25, 0.3) is 0 Å². The lowest BCUT2D eigenvalue weighted by atomic mass is 10.1. The van der Waals surface area contributed by atoms with Gasteiger partial charge < -0.3 is 10.2 Å². The minimum Gasteiger partial charge on any atom is -0.355 e. The molecule has 0 saturated heterocycles. The molecule has 0 spiro atoms. The summed E-state index contributed by atoms with van der Waals surface area (Å²) in [4.78, 5) is 10.9. The molecule has 0 fully saturated rings. The molecule has 0 aliphatic heterocycles. The van der Waals surface area contributed by atoms with Crippen LogP contribution in [0.25, 0.3) is 0 Å². The van der Waals surface area contributed by atoms with Crippen LogP contribution >= 0.6 is 0 Å². The van der Waals surface area contributed by atoms with Crippen molar-refractivity contribution in [2.75, 3.05) is 18.5 Å². The van der Waals surface area contributed by atoms with Crippen LogP contribution in [0.5, 0.6) is 0 Å². The molecule has 0 saturated carbocycles. The highest BCUT2D eigenvalue weighted by molar-refractivity contribution is 5.48. The molecule has 21 heavy (non-hydrogen) atoms. The highest BCUT2D eigenvalue weighted by Gasteiger charge is 2.14. The second kappa shape index (κ2) is 7.74. The number of hydrogen-bond acceptors (Lipinski definition) is 4. The van der Waals surface area contributed by atoms with Gasteiger partial charge in [0.05, 0.1) is 0 Å². The topological polar surface area (TPSA) is 41.1 Å². The maximum atomic E-state index is 4.57. The number of anilines is 1. The Balaban J connectivity index is 2.15. The van der Waals surface area contributed by atoms with Gasteiger partial charge in [-0.3, -0.25) is 4.98 Å². The van der Waals surface area contributed by atoms with Gasteiger partial charge in [-0.1, -0.05) is 19.1 Å². The lowest BCUT2D eigenvalue weighted by molar-refractivity contribution is 0.568. The standard InChI is InChI=1S/C17H24N4/c1-4-9-19-14(2)16-8-6-11-20-17(16)21(3)13-15-7-5-10-18-12-15/h5-8,10-12,14,19H,4,9,13H2,1-3H3. The zero-order valence-electron chi connectivity index (χ0n) is 13.1. The maximum Gasteiger partial charge on any atom is 0.133 e. The van der Waals surface area contributed by atoms with Crippen molar-refractivity contribution >= 4 is 5.82 Å². The summed E-state index contributed by atoms with van der Waals surface area (Å²) in [5.41, 5.74) is 2.42. The van der Waals surface area contributed by atoms with Crippen LogP contribution in [0, 0.1) is 0 Å². The lowest BCUT2D eigenvalue weighted by Gasteiger charge is -2.24. The maximum absolute atomic E-state index is 4.57. The van der Waals surface area contributed by atoms with Gasteiger partial charge in [-0.2, -0.15) is 0 Å². The summed E-state index contributed by atoms with van der Waals surface area (Å²) in [7, 11) is 2.07. The van der Waals surface area contributed by atoms with Crippen molar-refractivity contribution in [2.45, 2.75) is 32.9 Å². The first-order valence-corrected chi connectivity index (χ1v) is 7.50. The van der Waals surface area contributed by atoms with E-state index < -0.39 is 0 Å². The Hall–Kier alpha value is -1.94. The molecule has 1 N–H and O–H groups in total. The van der Waals surface area contributed by atoms with E-state index in [4.69, 9.17) is 0 Å². The van der Waals surface area contributed by atoms with Crippen molar-refractivity contribution in [1.29, 1.82) is 0 Å². The molecule has 1 atom stereocenters. The Labute approximate surface area is 127 Å². The molecule has 0 aromatic carbocycles. The molecular formula is C17H24N4. The fourth-order valence-electron chi connectivity index (χ4n) is 2.38. The second-order valence-electron chi connectivity index (χ2n) is 5.31. The Kier molecular flexibility index (Phi) is 5.69. The Morgan fingerprint density at radius 3 is 2.76 bits per heavy atom. The van der Waals surface area contributed by atoms with Crippen molar-refractivity contribution in [1.82, 2.24) is 15.3 Å². The van der Waals surface area contributed by atoms with E-state index in [9.17, 15) is 0 Å². The molecule has 0 amide bonds. The van der Waals surface area contributed by atoms with Crippen LogP contribution in [0.15, 0.2) is 42.9 Å². The van der Waals surface area contributed by atoms with Gasteiger partial charge in [0.15, 0.2) is 0 Å². The molecule has 0 bridgehead atoms. The molecule has 2 rings (SSSR count). The van der Waals surface area contributed by atoms with Crippen LogP contribution in [0.4, 0.5) is 5.82 Å². The molecule has 0 aliphatic carbocycles. The first-order chi connectivity index (χ1) is 10.2. The van der Waals surface area contributed by atoms with Crippen molar-refractivity contribution < 1.29 is 0 Å². The fourth-order valence-corrected chi connectivity index (χ4v) is 2.38. The third kappa shape index (κ3) is 4.26. The zero-order chi connectivity index (χ0) is 15.1. The van der Waals surface area contributed by atoms with E-state index in [1.165, 1.54) is 11.1 Å².